The fourth-order valence-corrected chi connectivity index (χ4v) is 3.20. The van der Waals surface area contributed by atoms with E-state index in [-0.39, 0.29) is 11.8 Å². The molecule has 118 valence electrons. The van der Waals surface area contributed by atoms with Crippen molar-refractivity contribution in [1.82, 2.24) is 4.90 Å². The number of amides is 2. The molecule has 0 atom stereocenters. The first kappa shape index (κ1) is 14.4. The van der Waals surface area contributed by atoms with Crippen LogP contribution in [0.5, 0.6) is 0 Å². The van der Waals surface area contributed by atoms with Crippen molar-refractivity contribution in [3.05, 3.63) is 47.5 Å². The van der Waals surface area contributed by atoms with E-state index in [4.69, 9.17) is 9.47 Å². The quantitative estimate of drug-likeness (QED) is 0.818. The van der Waals surface area contributed by atoms with Crippen molar-refractivity contribution >= 4 is 22.6 Å². The Morgan fingerprint density at radius 1 is 1.00 bits per heavy atom. The highest BCUT2D eigenvalue weighted by atomic mass is 16.7. The minimum absolute atomic E-state index is 0.239. The van der Waals surface area contributed by atoms with Gasteiger partial charge >= 0.3 is 0 Å². The lowest BCUT2D eigenvalue weighted by Gasteiger charge is -2.24. The smallest absolute Gasteiger partial charge is 0.261 e. The van der Waals surface area contributed by atoms with E-state index in [1.165, 1.54) is 4.90 Å². The van der Waals surface area contributed by atoms with E-state index in [0.29, 0.717) is 37.3 Å². The largest absolute Gasteiger partial charge is 0.348 e. The van der Waals surface area contributed by atoms with Crippen molar-refractivity contribution in [2.45, 2.75) is 19.1 Å². The number of carbonyl (C=O) groups excluding carboxylic acids is 2. The molecule has 0 unspecified atom stereocenters. The second-order valence-electron chi connectivity index (χ2n) is 6.09. The van der Waals surface area contributed by atoms with E-state index in [9.17, 15) is 9.59 Å². The predicted octanol–water partition coefficient (Wildman–Crippen LogP) is 2.59. The van der Waals surface area contributed by atoms with E-state index in [1.54, 1.807) is 12.1 Å². The zero-order valence-electron chi connectivity index (χ0n) is 12.9. The van der Waals surface area contributed by atoms with Gasteiger partial charge < -0.3 is 9.47 Å². The molecule has 5 nitrogen and oxygen atoms in total. The normalized spacial score (nSPS) is 19.6. The van der Waals surface area contributed by atoms with Gasteiger partial charge in [0.25, 0.3) is 11.8 Å². The number of nitrogens with zero attached hydrogens (tertiary/aromatic N) is 1. The summed E-state index contributed by atoms with van der Waals surface area (Å²) in [6.45, 7) is 3.22. The van der Waals surface area contributed by atoms with Crippen LogP contribution in [0.4, 0.5) is 0 Å². The second-order valence-corrected chi connectivity index (χ2v) is 6.09. The zero-order valence-corrected chi connectivity index (χ0v) is 12.9. The molecule has 2 aliphatic heterocycles. The highest BCUT2D eigenvalue weighted by Gasteiger charge is 2.38. The molecule has 2 aromatic rings. The monoisotopic (exact) mass is 311 g/mol. The van der Waals surface area contributed by atoms with Crippen LogP contribution in [0.1, 0.15) is 34.1 Å². The fraction of sp³-hybridized carbons (Fsp3) is 0.333. The molecule has 2 amide bonds. The SMILES string of the molecule is CC1(CCN2C(=O)c3cc4ccccc4cc3C2=O)OCCO1. The average molecular weight is 311 g/mol. The van der Waals surface area contributed by atoms with Gasteiger partial charge in [-0.15, -0.1) is 0 Å². The van der Waals surface area contributed by atoms with Crippen molar-refractivity contribution in [1.29, 1.82) is 0 Å². The standard InChI is InChI=1S/C18H17NO4/c1-18(22-8-9-23-18)6-7-19-16(20)14-10-12-4-2-3-5-13(12)11-15(14)17(19)21/h2-5,10-11H,6-9H2,1H3. The Kier molecular flexibility index (Phi) is 3.21. The molecule has 0 aromatic heterocycles. The number of hydrogen-bond donors (Lipinski definition) is 0. The maximum absolute atomic E-state index is 12.6. The second kappa shape index (κ2) is 5.15. The summed E-state index contributed by atoms with van der Waals surface area (Å²) >= 11 is 0. The molecule has 5 heteroatoms. The lowest BCUT2D eigenvalue weighted by molar-refractivity contribution is -0.147. The van der Waals surface area contributed by atoms with Crippen LogP contribution in [-0.4, -0.2) is 42.3 Å². The Morgan fingerprint density at radius 2 is 1.52 bits per heavy atom. The fourth-order valence-electron chi connectivity index (χ4n) is 3.20. The number of ether oxygens (including phenoxy) is 2. The molecule has 0 saturated carbocycles. The lowest BCUT2D eigenvalue weighted by Crippen LogP contribution is -2.36. The average Bonchev–Trinajstić information content (AvgIpc) is 3.08. The summed E-state index contributed by atoms with van der Waals surface area (Å²) in [5.74, 6) is -1.19. The molecule has 1 fully saturated rings. The minimum Gasteiger partial charge on any atom is -0.348 e. The third-order valence-corrected chi connectivity index (χ3v) is 4.52. The highest BCUT2D eigenvalue weighted by Crippen LogP contribution is 2.30. The molecule has 0 bridgehead atoms. The van der Waals surface area contributed by atoms with Gasteiger partial charge in [-0.25, -0.2) is 0 Å². The van der Waals surface area contributed by atoms with Gasteiger partial charge in [-0.2, -0.15) is 0 Å². The molecule has 1 saturated heterocycles. The van der Waals surface area contributed by atoms with Crippen LogP contribution in [0.25, 0.3) is 10.8 Å². The molecule has 2 aromatic carbocycles. The number of benzene rings is 2. The molecule has 2 heterocycles. The van der Waals surface area contributed by atoms with Crippen LogP contribution in [0.2, 0.25) is 0 Å². The number of carbonyl (C=O) groups is 2. The Hall–Kier alpha value is -2.24. The van der Waals surface area contributed by atoms with Crippen molar-refractivity contribution in [3.63, 3.8) is 0 Å². The molecule has 4 rings (SSSR count). The van der Waals surface area contributed by atoms with Gasteiger partial charge in [-0.05, 0) is 29.8 Å². The Balaban J connectivity index is 1.62. The first-order chi connectivity index (χ1) is 11.1. The summed E-state index contributed by atoms with van der Waals surface area (Å²) in [5, 5.41) is 1.92. The van der Waals surface area contributed by atoms with Crippen LogP contribution in [0, 0.1) is 0 Å². The summed E-state index contributed by atoms with van der Waals surface area (Å²) in [4.78, 5) is 26.5. The van der Waals surface area contributed by atoms with Crippen LogP contribution >= 0.6 is 0 Å². The third kappa shape index (κ3) is 2.33. The molecule has 0 spiro atoms. The zero-order chi connectivity index (χ0) is 16.0. The van der Waals surface area contributed by atoms with Gasteiger partial charge in [0.05, 0.1) is 24.3 Å². The van der Waals surface area contributed by atoms with Gasteiger partial charge in [0.2, 0.25) is 0 Å². The molecular weight excluding hydrogens is 294 g/mol. The van der Waals surface area contributed by atoms with Crippen molar-refractivity contribution in [3.8, 4) is 0 Å². The van der Waals surface area contributed by atoms with Gasteiger partial charge in [0.15, 0.2) is 5.79 Å². The summed E-state index contributed by atoms with van der Waals surface area (Å²) in [6.07, 6.45) is 0.470. The Morgan fingerprint density at radius 3 is 2.04 bits per heavy atom. The van der Waals surface area contributed by atoms with E-state index >= 15 is 0 Å². The summed E-state index contributed by atoms with van der Waals surface area (Å²) in [7, 11) is 0. The van der Waals surface area contributed by atoms with E-state index in [0.717, 1.165) is 10.8 Å². The molecule has 23 heavy (non-hydrogen) atoms. The van der Waals surface area contributed by atoms with Crippen LogP contribution in [0.15, 0.2) is 36.4 Å². The van der Waals surface area contributed by atoms with E-state index < -0.39 is 5.79 Å². The summed E-state index contributed by atoms with van der Waals surface area (Å²) in [6, 6.07) is 11.3. The molecule has 2 aliphatic rings. The topological polar surface area (TPSA) is 55.8 Å². The number of fused-ring (bicyclic) bond motifs is 2. The molecule has 0 N–H and O–H groups in total. The van der Waals surface area contributed by atoms with Gasteiger partial charge in [0, 0.05) is 13.0 Å². The van der Waals surface area contributed by atoms with Gasteiger partial charge in [-0.1, -0.05) is 24.3 Å². The van der Waals surface area contributed by atoms with E-state index in [2.05, 4.69) is 0 Å². The van der Waals surface area contributed by atoms with Crippen LogP contribution in [-0.2, 0) is 9.47 Å². The Bertz CT molecular complexity index is 753. The molecule has 0 radical (unpaired) electrons. The van der Waals surface area contributed by atoms with Crippen molar-refractivity contribution < 1.29 is 19.1 Å². The summed E-state index contributed by atoms with van der Waals surface area (Å²) < 4.78 is 11.1. The number of imide groups is 1. The lowest BCUT2D eigenvalue weighted by atomic mass is 10.0. The molecular formula is C18H17NO4. The minimum atomic E-state index is -0.708. The van der Waals surface area contributed by atoms with Gasteiger partial charge in [-0.3, -0.25) is 14.5 Å². The first-order valence-corrected chi connectivity index (χ1v) is 7.74. The van der Waals surface area contributed by atoms with Crippen molar-refractivity contribution in [2.24, 2.45) is 0 Å². The predicted molar refractivity (Wildman–Crippen MR) is 84.2 cm³/mol. The highest BCUT2D eigenvalue weighted by molar-refractivity contribution is 6.23. The summed E-state index contributed by atoms with van der Waals surface area (Å²) in [5.41, 5.74) is 0.958. The van der Waals surface area contributed by atoms with E-state index in [1.807, 2.05) is 31.2 Å². The Labute approximate surface area is 133 Å². The maximum Gasteiger partial charge on any atom is 0.261 e. The third-order valence-electron chi connectivity index (χ3n) is 4.52. The maximum atomic E-state index is 12.6. The van der Waals surface area contributed by atoms with Crippen LogP contribution < -0.4 is 0 Å². The van der Waals surface area contributed by atoms with Gasteiger partial charge in [0.1, 0.15) is 0 Å². The first-order valence-electron chi connectivity index (χ1n) is 7.74. The molecule has 0 aliphatic carbocycles. The number of hydrogen-bond acceptors (Lipinski definition) is 4. The van der Waals surface area contributed by atoms with Crippen LogP contribution in [0.3, 0.4) is 0 Å². The van der Waals surface area contributed by atoms with Crippen molar-refractivity contribution in [2.75, 3.05) is 19.8 Å². The number of rotatable bonds is 3.